The van der Waals surface area contributed by atoms with Crippen LogP contribution in [-0.4, -0.2) is 50.4 Å². The molecular weight excluding hydrogens is 642 g/mol. The van der Waals surface area contributed by atoms with Crippen LogP contribution in [0, 0.1) is 12.7 Å². The van der Waals surface area contributed by atoms with Crippen LogP contribution in [0.2, 0.25) is 0 Å². The second-order valence-corrected chi connectivity index (χ2v) is 14.3. The van der Waals surface area contributed by atoms with Gasteiger partial charge in [0.05, 0.1) is 17.2 Å². The number of nitrogens with one attached hydrogen (secondary N) is 1. The Morgan fingerprint density at radius 1 is 0.878 bits per heavy atom. The Kier molecular flexibility index (Phi) is 12.1. The SMILES string of the molecule is CCOc1ccc(N(CC(=O)N(Cc2cccc(C)c2)[C@@H](Cc2ccccc2)C(=O)NC2CCCCC2)S(=O)(=O)c2ccc(F)cc2)cc1. The number of rotatable bonds is 14. The molecule has 0 heterocycles. The molecular formula is C39H44FN3O5S. The smallest absolute Gasteiger partial charge is 0.264 e. The topological polar surface area (TPSA) is 96.0 Å². The standard InChI is InChI=1S/C39H44FN3O5S/c1-3-48-35-21-19-34(20-22-35)43(49(46,47)36-23-17-32(40)18-24-36)28-38(44)42(27-31-14-10-11-29(2)25-31)37(26-30-12-6-4-7-13-30)39(45)41-33-15-8-5-9-16-33/h4,6-7,10-14,17-25,33,37H,3,5,8-9,15-16,26-28H2,1-2H3,(H,41,45)/t37-/m0/s1. The minimum atomic E-state index is -4.35. The highest BCUT2D eigenvalue weighted by atomic mass is 32.2. The molecule has 2 amide bonds. The van der Waals surface area contributed by atoms with Gasteiger partial charge in [-0.25, -0.2) is 12.8 Å². The van der Waals surface area contributed by atoms with Crippen LogP contribution in [0.25, 0.3) is 0 Å². The van der Waals surface area contributed by atoms with Crippen LogP contribution in [0.15, 0.2) is 108 Å². The van der Waals surface area contributed by atoms with Crippen molar-refractivity contribution < 1.29 is 27.1 Å². The van der Waals surface area contributed by atoms with E-state index < -0.39 is 34.3 Å². The van der Waals surface area contributed by atoms with Gasteiger partial charge in [-0.15, -0.1) is 0 Å². The van der Waals surface area contributed by atoms with Gasteiger partial charge in [0.1, 0.15) is 24.2 Å². The van der Waals surface area contributed by atoms with Crippen LogP contribution in [-0.2, 0) is 32.6 Å². The van der Waals surface area contributed by atoms with Crippen LogP contribution in [0.5, 0.6) is 5.75 Å². The third-order valence-corrected chi connectivity index (χ3v) is 10.6. The molecule has 4 aromatic carbocycles. The Morgan fingerprint density at radius 3 is 2.20 bits per heavy atom. The fourth-order valence-corrected chi connectivity index (χ4v) is 7.66. The highest BCUT2D eigenvalue weighted by Crippen LogP contribution is 2.28. The molecule has 1 atom stereocenters. The molecule has 0 aliphatic heterocycles. The van der Waals surface area contributed by atoms with Gasteiger partial charge in [-0.1, -0.05) is 79.4 Å². The molecule has 4 aromatic rings. The molecule has 1 fully saturated rings. The van der Waals surface area contributed by atoms with Gasteiger partial charge in [0, 0.05) is 19.0 Å². The summed E-state index contributed by atoms with van der Waals surface area (Å²) in [5, 5.41) is 3.22. The average Bonchev–Trinajstić information content (AvgIpc) is 3.10. The van der Waals surface area contributed by atoms with Crippen molar-refractivity contribution in [1.29, 1.82) is 0 Å². The second kappa shape index (κ2) is 16.6. The van der Waals surface area contributed by atoms with Crippen LogP contribution in [0.3, 0.4) is 0 Å². The van der Waals surface area contributed by atoms with E-state index in [0.29, 0.717) is 12.4 Å². The predicted octanol–water partition coefficient (Wildman–Crippen LogP) is 6.82. The molecule has 0 radical (unpaired) electrons. The minimum Gasteiger partial charge on any atom is -0.494 e. The summed E-state index contributed by atoms with van der Waals surface area (Å²) in [5.74, 6) is -0.869. The van der Waals surface area contributed by atoms with E-state index in [1.165, 1.54) is 17.0 Å². The molecule has 0 bridgehead atoms. The number of aryl methyl sites for hydroxylation is 1. The summed E-state index contributed by atoms with van der Waals surface area (Å²) in [5.41, 5.74) is 2.90. The molecule has 8 nitrogen and oxygen atoms in total. The van der Waals surface area contributed by atoms with Crippen molar-refractivity contribution in [3.05, 3.63) is 126 Å². The van der Waals surface area contributed by atoms with E-state index in [1.54, 1.807) is 24.3 Å². The van der Waals surface area contributed by atoms with Crippen LogP contribution >= 0.6 is 0 Å². The molecule has 1 N–H and O–H groups in total. The molecule has 258 valence electrons. The Labute approximate surface area is 289 Å². The molecule has 0 saturated heterocycles. The third kappa shape index (κ3) is 9.47. The Bertz CT molecular complexity index is 1790. The Morgan fingerprint density at radius 2 is 1.55 bits per heavy atom. The zero-order valence-electron chi connectivity index (χ0n) is 28.1. The molecule has 0 spiro atoms. The predicted molar refractivity (Wildman–Crippen MR) is 189 cm³/mol. The first kappa shape index (κ1) is 35.6. The monoisotopic (exact) mass is 685 g/mol. The highest BCUT2D eigenvalue weighted by Gasteiger charge is 2.35. The van der Waals surface area contributed by atoms with Crippen molar-refractivity contribution in [3.8, 4) is 5.75 Å². The van der Waals surface area contributed by atoms with Gasteiger partial charge in [0.25, 0.3) is 10.0 Å². The summed E-state index contributed by atoms with van der Waals surface area (Å²) in [4.78, 5) is 30.3. The van der Waals surface area contributed by atoms with Gasteiger partial charge in [-0.05, 0) is 86.3 Å². The maximum Gasteiger partial charge on any atom is 0.264 e. The lowest BCUT2D eigenvalue weighted by Crippen LogP contribution is -2.55. The first-order chi connectivity index (χ1) is 23.6. The van der Waals surface area contributed by atoms with Crippen molar-refractivity contribution in [2.75, 3.05) is 17.5 Å². The molecule has 1 aliphatic rings. The number of carbonyl (C=O) groups is 2. The summed E-state index contributed by atoms with van der Waals surface area (Å²) in [6, 6.07) is 27.2. The quantitative estimate of drug-likeness (QED) is 0.157. The fraction of sp³-hybridized carbons (Fsp3) is 0.333. The fourth-order valence-electron chi connectivity index (χ4n) is 6.24. The second-order valence-electron chi connectivity index (χ2n) is 12.5. The van der Waals surface area contributed by atoms with Crippen LogP contribution in [0.1, 0.15) is 55.7 Å². The molecule has 5 rings (SSSR count). The first-order valence-electron chi connectivity index (χ1n) is 16.8. The lowest BCUT2D eigenvalue weighted by atomic mass is 9.94. The van der Waals surface area contributed by atoms with Gasteiger partial charge >= 0.3 is 0 Å². The zero-order chi connectivity index (χ0) is 34.8. The average molecular weight is 686 g/mol. The number of sulfonamides is 1. The van der Waals surface area contributed by atoms with E-state index in [0.717, 1.165) is 65.2 Å². The number of anilines is 1. The number of hydrogen-bond acceptors (Lipinski definition) is 5. The number of carbonyl (C=O) groups excluding carboxylic acids is 2. The minimum absolute atomic E-state index is 0.00894. The number of amides is 2. The summed E-state index contributed by atoms with van der Waals surface area (Å²) in [6.07, 6.45) is 5.16. The van der Waals surface area contributed by atoms with Crippen molar-refractivity contribution in [3.63, 3.8) is 0 Å². The third-order valence-electron chi connectivity index (χ3n) is 8.77. The summed E-state index contributed by atoms with van der Waals surface area (Å²) < 4.78 is 48.8. The normalized spacial score (nSPS) is 14.1. The van der Waals surface area contributed by atoms with E-state index in [-0.39, 0.29) is 35.5 Å². The highest BCUT2D eigenvalue weighted by molar-refractivity contribution is 7.92. The summed E-state index contributed by atoms with van der Waals surface area (Å²) >= 11 is 0. The molecule has 49 heavy (non-hydrogen) atoms. The molecule has 1 aliphatic carbocycles. The molecule has 0 unspecified atom stereocenters. The lowest BCUT2D eigenvalue weighted by molar-refractivity contribution is -0.140. The molecule has 10 heteroatoms. The molecule has 1 saturated carbocycles. The maximum absolute atomic E-state index is 14.7. The van der Waals surface area contributed by atoms with Gasteiger partial charge in [-0.2, -0.15) is 0 Å². The number of ether oxygens (including phenoxy) is 1. The number of nitrogens with zero attached hydrogens (tertiary/aromatic N) is 2. The van der Waals surface area contributed by atoms with E-state index in [4.69, 9.17) is 4.74 Å². The van der Waals surface area contributed by atoms with Gasteiger partial charge in [0.15, 0.2) is 0 Å². The van der Waals surface area contributed by atoms with Crippen LogP contribution in [0.4, 0.5) is 10.1 Å². The largest absolute Gasteiger partial charge is 0.494 e. The number of benzene rings is 4. The van der Waals surface area contributed by atoms with Gasteiger partial charge in [0.2, 0.25) is 11.8 Å². The number of hydrogen-bond donors (Lipinski definition) is 1. The lowest BCUT2D eigenvalue weighted by Gasteiger charge is -2.35. The summed E-state index contributed by atoms with van der Waals surface area (Å²) in [7, 11) is -4.35. The Balaban J connectivity index is 1.56. The number of halogens is 1. The van der Waals surface area contributed by atoms with Crippen molar-refractivity contribution in [2.24, 2.45) is 0 Å². The Hall–Kier alpha value is -4.70. The maximum atomic E-state index is 14.7. The summed E-state index contributed by atoms with van der Waals surface area (Å²) in [6.45, 7) is 3.72. The van der Waals surface area contributed by atoms with Crippen LogP contribution < -0.4 is 14.4 Å². The van der Waals surface area contributed by atoms with E-state index in [1.807, 2.05) is 68.4 Å². The molecule has 0 aromatic heterocycles. The van der Waals surface area contributed by atoms with Gasteiger partial charge in [-0.3, -0.25) is 13.9 Å². The van der Waals surface area contributed by atoms with Crippen molar-refractivity contribution in [1.82, 2.24) is 10.2 Å². The van der Waals surface area contributed by atoms with E-state index in [9.17, 15) is 22.4 Å². The van der Waals surface area contributed by atoms with Gasteiger partial charge < -0.3 is 15.0 Å². The van der Waals surface area contributed by atoms with Crippen molar-refractivity contribution in [2.45, 2.75) is 75.9 Å². The van der Waals surface area contributed by atoms with Crippen molar-refractivity contribution >= 4 is 27.5 Å². The first-order valence-corrected chi connectivity index (χ1v) is 18.3. The van der Waals surface area contributed by atoms with E-state index >= 15 is 0 Å². The van der Waals surface area contributed by atoms with E-state index in [2.05, 4.69) is 5.32 Å². The zero-order valence-corrected chi connectivity index (χ0v) is 28.9.